The number of hydrogen-bond donors (Lipinski definition) is 0. The molecule has 0 atom stereocenters. The van der Waals surface area contributed by atoms with Crippen LogP contribution in [0.4, 0.5) is 4.39 Å². The first-order valence-electron chi connectivity index (χ1n) is 5.72. The lowest BCUT2D eigenvalue weighted by Crippen LogP contribution is -2.01. The van der Waals surface area contributed by atoms with Gasteiger partial charge < -0.3 is 0 Å². The number of para-hydroxylation sites is 1. The van der Waals surface area contributed by atoms with Crippen molar-refractivity contribution in [3.8, 4) is 5.69 Å². The Labute approximate surface area is 113 Å². The zero-order valence-corrected chi connectivity index (χ0v) is 11.1. The molecule has 19 heavy (non-hydrogen) atoms. The van der Waals surface area contributed by atoms with Crippen molar-refractivity contribution in [1.29, 1.82) is 0 Å². The molecule has 0 unspecified atom stereocenters. The van der Waals surface area contributed by atoms with Gasteiger partial charge in [-0.25, -0.2) is 19.3 Å². The topological polar surface area (TPSA) is 43.6 Å². The van der Waals surface area contributed by atoms with Crippen LogP contribution in [-0.4, -0.2) is 19.5 Å². The van der Waals surface area contributed by atoms with Crippen LogP contribution in [0.1, 0.15) is 11.6 Å². The molecule has 4 nitrogen and oxygen atoms in total. The van der Waals surface area contributed by atoms with Crippen LogP contribution in [0.25, 0.3) is 16.9 Å². The first-order chi connectivity index (χ1) is 9.08. The Morgan fingerprint density at radius 1 is 1.11 bits per heavy atom. The normalized spacial score (nSPS) is 11.2. The van der Waals surface area contributed by atoms with Crippen LogP contribution in [0, 0.1) is 19.7 Å². The van der Waals surface area contributed by atoms with Gasteiger partial charge in [0, 0.05) is 0 Å². The molecule has 0 N–H and O–H groups in total. The van der Waals surface area contributed by atoms with Gasteiger partial charge in [0.25, 0.3) is 0 Å². The third-order valence-corrected chi connectivity index (χ3v) is 3.11. The lowest BCUT2D eigenvalue weighted by molar-refractivity contribution is 0.618. The van der Waals surface area contributed by atoms with Gasteiger partial charge in [0.2, 0.25) is 0 Å². The van der Waals surface area contributed by atoms with E-state index in [2.05, 4.69) is 15.0 Å². The molecular weight excluding hydrogens is 267 g/mol. The summed E-state index contributed by atoms with van der Waals surface area (Å²) in [7, 11) is 0. The molecule has 2 heterocycles. The second kappa shape index (κ2) is 4.28. The number of hydrogen-bond acceptors (Lipinski definition) is 3. The van der Waals surface area contributed by atoms with Gasteiger partial charge in [-0.3, -0.25) is 4.57 Å². The molecule has 96 valence electrons. The average molecular weight is 277 g/mol. The Bertz CT molecular complexity index is 782. The number of fused-ring (bicyclic) bond motifs is 1. The Kier molecular flexibility index (Phi) is 2.71. The van der Waals surface area contributed by atoms with Crippen LogP contribution in [0.15, 0.2) is 24.3 Å². The molecule has 2 aromatic heterocycles. The van der Waals surface area contributed by atoms with E-state index in [9.17, 15) is 4.39 Å². The second-order valence-corrected chi connectivity index (χ2v) is 4.54. The Hall–Kier alpha value is -2.01. The smallest absolute Gasteiger partial charge is 0.183 e. The molecule has 3 rings (SSSR count). The van der Waals surface area contributed by atoms with Gasteiger partial charge in [0.1, 0.15) is 23.0 Å². The van der Waals surface area contributed by atoms with Crippen molar-refractivity contribution in [3.05, 3.63) is 46.9 Å². The van der Waals surface area contributed by atoms with Crippen LogP contribution in [0.5, 0.6) is 0 Å². The van der Waals surface area contributed by atoms with Crippen molar-refractivity contribution < 1.29 is 4.39 Å². The molecule has 0 aliphatic carbocycles. The highest BCUT2D eigenvalue weighted by Gasteiger charge is 2.17. The third-order valence-electron chi connectivity index (χ3n) is 2.84. The summed E-state index contributed by atoms with van der Waals surface area (Å²) in [5, 5.41) is 0.270. The molecule has 0 amide bonds. The first kappa shape index (κ1) is 12.0. The Morgan fingerprint density at radius 2 is 1.84 bits per heavy atom. The molecule has 0 fully saturated rings. The summed E-state index contributed by atoms with van der Waals surface area (Å²) in [6.45, 7) is 3.52. The highest BCUT2D eigenvalue weighted by molar-refractivity contribution is 6.33. The molecule has 0 aliphatic heterocycles. The number of benzene rings is 1. The highest BCUT2D eigenvalue weighted by atomic mass is 35.5. The largest absolute Gasteiger partial charge is 0.289 e. The lowest BCUT2D eigenvalue weighted by Gasteiger charge is -2.08. The number of rotatable bonds is 1. The first-order valence-corrected chi connectivity index (χ1v) is 6.10. The van der Waals surface area contributed by atoms with E-state index in [1.807, 2.05) is 0 Å². The van der Waals surface area contributed by atoms with Gasteiger partial charge in [0.05, 0.1) is 5.69 Å². The van der Waals surface area contributed by atoms with E-state index < -0.39 is 0 Å². The molecule has 3 aromatic rings. The maximum Gasteiger partial charge on any atom is 0.183 e. The van der Waals surface area contributed by atoms with E-state index in [1.54, 1.807) is 36.6 Å². The van der Waals surface area contributed by atoms with E-state index in [1.165, 1.54) is 6.07 Å². The standard InChI is InChI=1S/C13H10ClFN4/c1-7-16-12(14)11-13(17-7)18-8(2)19(11)10-6-4-3-5-9(10)15/h3-6H,1-2H3. The van der Waals surface area contributed by atoms with Gasteiger partial charge in [-0.2, -0.15) is 0 Å². The molecule has 0 saturated carbocycles. The summed E-state index contributed by atoms with van der Waals surface area (Å²) in [6, 6.07) is 6.45. The number of nitrogens with zero attached hydrogens (tertiary/aromatic N) is 4. The minimum absolute atomic E-state index is 0.270. The molecule has 0 radical (unpaired) electrons. The summed E-state index contributed by atoms with van der Waals surface area (Å²) in [5.74, 6) is 0.805. The van der Waals surface area contributed by atoms with Crippen molar-refractivity contribution >= 4 is 22.8 Å². The highest BCUT2D eigenvalue weighted by Crippen LogP contribution is 2.26. The van der Waals surface area contributed by atoms with Crippen molar-refractivity contribution in [1.82, 2.24) is 19.5 Å². The lowest BCUT2D eigenvalue weighted by atomic mass is 10.3. The molecule has 0 aliphatic rings. The van der Waals surface area contributed by atoms with E-state index >= 15 is 0 Å². The van der Waals surface area contributed by atoms with Crippen LogP contribution in [-0.2, 0) is 0 Å². The minimum atomic E-state index is -0.346. The average Bonchev–Trinajstić information content (AvgIpc) is 2.66. The number of aryl methyl sites for hydroxylation is 2. The maximum absolute atomic E-state index is 13.9. The monoisotopic (exact) mass is 276 g/mol. The van der Waals surface area contributed by atoms with E-state index in [0.717, 1.165) is 0 Å². The quantitative estimate of drug-likeness (QED) is 0.641. The predicted octanol–water partition coefficient (Wildman–Crippen LogP) is 3.22. The van der Waals surface area contributed by atoms with Gasteiger partial charge in [-0.15, -0.1) is 0 Å². The van der Waals surface area contributed by atoms with Crippen LogP contribution >= 0.6 is 11.6 Å². The van der Waals surface area contributed by atoms with Gasteiger partial charge in [0.15, 0.2) is 10.8 Å². The van der Waals surface area contributed by atoms with Gasteiger partial charge >= 0.3 is 0 Å². The van der Waals surface area contributed by atoms with Crippen molar-refractivity contribution in [3.63, 3.8) is 0 Å². The Morgan fingerprint density at radius 3 is 2.58 bits per heavy atom. The number of aromatic nitrogens is 4. The van der Waals surface area contributed by atoms with Gasteiger partial charge in [-0.05, 0) is 26.0 Å². The van der Waals surface area contributed by atoms with E-state index in [-0.39, 0.29) is 11.0 Å². The second-order valence-electron chi connectivity index (χ2n) is 4.18. The maximum atomic E-state index is 13.9. The molecule has 0 spiro atoms. The molecule has 0 bridgehead atoms. The summed E-state index contributed by atoms with van der Waals surface area (Å²) in [5.41, 5.74) is 1.38. The number of imidazole rings is 1. The van der Waals surface area contributed by atoms with Crippen molar-refractivity contribution in [2.75, 3.05) is 0 Å². The van der Waals surface area contributed by atoms with Crippen molar-refractivity contribution in [2.24, 2.45) is 0 Å². The zero-order valence-electron chi connectivity index (χ0n) is 10.4. The minimum Gasteiger partial charge on any atom is -0.289 e. The van der Waals surface area contributed by atoms with E-state index in [4.69, 9.17) is 11.6 Å². The molecule has 1 aromatic carbocycles. The molecule has 6 heteroatoms. The number of halogens is 2. The van der Waals surface area contributed by atoms with Crippen LogP contribution < -0.4 is 0 Å². The Balaban J connectivity index is 2.42. The van der Waals surface area contributed by atoms with Crippen LogP contribution in [0.2, 0.25) is 5.15 Å². The summed E-state index contributed by atoms with van der Waals surface area (Å²) in [6.07, 6.45) is 0. The van der Waals surface area contributed by atoms with Gasteiger partial charge in [-0.1, -0.05) is 23.7 Å². The van der Waals surface area contributed by atoms with Crippen molar-refractivity contribution in [2.45, 2.75) is 13.8 Å². The fourth-order valence-corrected chi connectivity index (χ4v) is 2.37. The molecular formula is C13H10ClFN4. The zero-order chi connectivity index (χ0) is 13.6. The fourth-order valence-electron chi connectivity index (χ4n) is 2.08. The van der Waals surface area contributed by atoms with Crippen LogP contribution in [0.3, 0.4) is 0 Å². The third kappa shape index (κ3) is 1.86. The van der Waals surface area contributed by atoms with E-state index in [0.29, 0.717) is 28.5 Å². The summed E-state index contributed by atoms with van der Waals surface area (Å²) >= 11 is 6.15. The summed E-state index contributed by atoms with van der Waals surface area (Å²) < 4.78 is 15.6. The predicted molar refractivity (Wildman–Crippen MR) is 71.1 cm³/mol. The molecule has 0 saturated heterocycles. The fraction of sp³-hybridized carbons (Fsp3) is 0.154. The summed E-state index contributed by atoms with van der Waals surface area (Å²) in [4.78, 5) is 12.6. The SMILES string of the molecule is Cc1nc(Cl)c2c(n1)nc(C)n2-c1ccccc1F.